The number of hydrogen-bond acceptors (Lipinski definition) is 2. The minimum atomic E-state index is 0.125. The van der Waals surface area contributed by atoms with Crippen LogP contribution in [0, 0.1) is 11.8 Å². The van der Waals surface area contributed by atoms with Gasteiger partial charge in [0.25, 0.3) is 0 Å². The lowest BCUT2D eigenvalue weighted by molar-refractivity contribution is 0.0855. The molecule has 2 rings (SSSR count). The van der Waals surface area contributed by atoms with Crippen LogP contribution >= 0.6 is 11.6 Å². The zero-order valence-corrected chi connectivity index (χ0v) is 12.1. The first-order valence-corrected chi connectivity index (χ1v) is 7.15. The second-order valence-electron chi connectivity index (χ2n) is 5.71. The number of hydrogen-bond donors (Lipinski definition) is 0. The second kappa shape index (κ2) is 5.43. The molecule has 18 heavy (non-hydrogen) atoms. The summed E-state index contributed by atoms with van der Waals surface area (Å²) in [6.45, 7) is 6.26. The van der Waals surface area contributed by atoms with Gasteiger partial charge in [0.05, 0.1) is 11.2 Å². The van der Waals surface area contributed by atoms with E-state index in [-0.39, 0.29) is 17.7 Å². The molecule has 0 bridgehead atoms. The number of halogens is 1. The van der Waals surface area contributed by atoms with Crippen molar-refractivity contribution in [2.24, 2.45) is 11.8 Å². The van der Waals surface area contributed by atoms with Crippen LogP contribution < -0.4 is 0 Å². The second-order valence-corrected chi connectivity index (χ2v) is 6.12. The van der Waals surface area contributed by atoms with Gasteiger partial charge in [0, 0.05) is 12.0 Å². The fourth-order valence-electron chi connectivity index (χ4n) is 2.83. The van der Waals surface area contributed by atoms with Crippen molar-refractivity contribution in [3.8, 4) is 0 Å². The van der Waals surface area contributed by atoms with Crippen molar-refractivity contribution < 1.29 is 4.79 Å². The molecule has 0 N–H and O–H groups in total. The van der Waals surface area contributed by atoms with E-state index in [1.165, 1.54) is 6.42 Å². The molecule has 1 aromatic rings. The van der Waals surface area contributed by atoms with Crippen molar-refractivity contribution in [1.29, 1.82) is 0 Å². The van der Waals surface area contributed by atoms with Crippen molar-refractivity contribution in [1.82, 2.24) is 9.78 Å². The summed E-state index contributed by atoms with van der Waals surface area (Å²) in [5, 5.41) is 4.71. The Morgan fingerprint density at radius 2 is 2.22 bits per heavy atom. The summed E-state index contributed by atoms with van der Waals surface area (Å²) in [5.41, 5.74) is 0.603. The molecule has 100 valence electrons. The molecule has 4 heteroatoms. The van der Waals surface area contributed by atoms with Crippen LogP contribution in [0.1, 0.15) is 63.0 Å². The molecule has 0 saturated heterocycles. The fraction of sp³-hybridized carbons (Fsp3) is 0.714. The number of carbonyl (C=O) groups is 1. The first-order chi connectivity index (χ1) is 8.50. The third kappa shape index (κ3) is 2.61. The highest BCUT2D eigenvalue weighted by Gasteiger charge is 2.30. The molecule has 1 aliphatic rings. The van der Waals surface area contributed by atoms with Crippen molar-refractivity contribution in [3.05, 3.63) is 16.9 Å². The Morgan fingerprint density at radius 1 is 1.50 bits per heavy atom. The van der Waals surface area contributed by atoms with Gasteiger partial charge in [-0.3, -0.25) is 9.48 Å². The molecule has 2 unspecified atom stereocenters. The molecule has 2 atom stereocenters. The minimum Gasteiger partial charge on any atom is -0.292 e. The SMILES string of the molecule is CC1CCCC(C(=O)c2c(Cl)cnn2C(C)C)C1. The Balaban J connectivity index is 2.25. The fourth-order valence-corrected chi connectivity index (χ4v) is 3.05. The molecule has 0 aliphatic heterocycles. The van der Waals surface area contributed by atoms with Crippen LogP contribution in [0.25, 0.3) is 0 Å². The van der Waals surface area contributed by atoms with E-state index in [4.69, 9.17) is 11.6 Å². The van der Waals surface area contributed by atoms with Gasteiger partial charge < -0.3 is 0 Å². The Hall–Kier alpha value is -0.830. The quantitative estimate of drug-likeness (QED) is 0.773. The van der Waals surface area contributed by atoms with E-state index >= 15 is 0 Å². The number of ketones is 1. The summed E-state index contributed by atoms with van der Waals surface area (Å²) in [6.07, 6.45) is 5.94. The molecule has 1 heterocycles. The smallest absolute Gasteiger partial charge is 0.185 e. The average molecular weight is 269 g/mol. The number of rotatable bonds is 3. The minimum absolute atomic E-state index is 0.125. The van der Waals surface area contributed by atoms with E-state index in [9.17, 15) is 4.79 Å². The molecule has 0 spiro atoms. The monoisotopic (exact) mass is 268 g/mol. The van der Waals surface area contributed by atoms with Crippen molar-refractivity contribution >= 4 is 17.4 Å². The lowest BCUT2D eigenvalue weighted by Crippen LogP contribution is -2.25. The Bertz CT molecular complexity index is 439. The van der Waals surface area contributed by atoms with Crippen LogP contribution in [0.4, 0.5) is 0 Å². The van der Waals surface area contributed by atoms with Gasteiger partial charge in [-0.25, -0.2) is 0 Å². The van der Waals surface area contributed by atoms with Crippen molar-refractivity contribution in [3.63, 3.8) is 0 Å². The molecule has 1 aliphatic carbocycles. The Morgan fingerprint density at radius 3 is 2.83 bits per heavy atom. The van der Waals surface area contributed by atoms with E-state index in [2.05, 4.69) is 12.0 Å². The maximum Gasteiger partial charge on any atom is 0.185 e. The van der Waals surface area contributed by atoms with Crippen LogP contribution in [0.2, 0.25) is 5.02 Å². The molecule has 1 fully saturated rings. The van der Waals surface area contributed by atoms with Crippen LogP contribution in [0.3, 0.4) is 0 Å². The third-order valence-electron chi connectivity index (χ3n) is 3.78. The molecule has 1 aromatic heterocycles. The maximum absolute atomic E-state index is 12.6. The van der Waals surface area contributed by atoms with Gasteiger partial charge in [0.1, 0.15) is 5.69 Å². The summed E-state index contributed by atoms with van der Waals surface area (Å²) >= 11 is 6.14. The van der Waals surface area contributed by atoms with E-state index in [1.54, 1.807) is 10.9 Å². The highest BCUT2D eigenvalue weighted by molar-refractivity contribution is 6.33. The van der Waals surface area contributed by atoms with Gasteiger partial charge >= 0.3 is 0 Å². The molecule has 1 saturated carbocycles. The summed E-state index contributed by atoms with van der Waals surface area (Å²) < 4.78 is 1.75. The predicted octanol–water partition coefficient (Wildman–Crippen LogP) is 4.13. The number of carbonyl (C=O) groups excluding carboxylic acids is 1. The molecule has 3 nitrogen and oxygen atoms in total. The largest absolute Gasteiger partial charge is 0.292 e. The predicted molar refractivity (Wildman–Crippen MR) is 73.1 cm³/mol. The molecular formula is C14H21ClN2O. The summed E-state index contributed by atoms with van der Waals surface area (Å²) in [4.78, 5) is 12.6. The average Bonchev–Trinajstić information content (AvgIpc) is 2.70. The first kappa shape index (κ1) is 13.6. The lowest BCUT2D eigenvalue weighted by Gasteiger charge is -2.26. The normalized spacial score (nSPS) is 24.5. The van der Waals surface area contributed by atoms with E-state index in [1.807, 2.05) is 13.8 Å². The molecule has 0 radical (unpaired) electrons. The number of Topliss-reactive ketones (excluding diaryl/α,β-unsaturated/α-hetero) is 1. The third-order valence-corrected chi connectivity index (χ3v) is 4.06. The molecule has 0 aromatic carbocycles. The van der Waals surface area contributed by atoms with Gasteiger partial charge in [0.15, 0.2) is 5.78 Å². The van der Waals surface area contributed by atoms with Gasteiger partial charge in [-0.15, -0.1) is 0 Å². The summed E-state index contributed by atoms with van der Waals surface area (Å²) in [7, 11) is 0. The summed E-state index contributed by atoms with van der Waals surface area (Å²) in [5.74, 6) is 0.945. The van der Waals surface area contributed by atoms with Crippen LogP contribution in [0.5, 0.6) is 0 Å². The van der Waals surface area contributed by atoms with Crippen LogP contribution in [-0.4, -0.2) is 15.6 Å². The first-order valence-electron chi connectivity index (χ1n) is 6.78. The lowest BCUT2D eigenvalue weighted by atomic mass is 9.79. The zero-order valence-electron chi connectivity index (χ0n) is 11.3. The Labute approximate surface area is 114 Å². The van der Waals surface area contributed by atoms with E-state index in [0.717, 1.165) is 19.3 Å². The molecular weight excluding hydrogens is 248 g/mol. The van der Waals surface area contributed by atoms with Gasteiger partial charge in [-0.1, -0.05) is 31.4 Å². The van der Waals surface area contributed by atoms with E-state index in [0.29, 0.717) is 16.6 Å². The van der Waals surface area contributed by atoms with E-state index < -0.39 is 0 Å². The zero-order chi connectivity index (χ0) is 13.3. The topological polar surface area (TPSA) is 34.9 Å². The van der Waals surface area contributed by atoms with Gasteiger partial charge in [-0.2, -0.15) is 5.10 Å². The maximum atomic E-state index is 12.6. The highest BCUT2D eigenvalue weighted by atomic mass is 35.5. The van der Waals surface area contributed by atoms with Crippen molar-refractivity contribution in [2.75, 3.05) is 0 Å². The highest BCUT2D eigenvalue weighted by Crippen LogP contribution is 2.33. The van der Waals surface area contributed by atoms with Crippen molar-refractivity contribution in [2.45, 2.75) is 52.5 Å². The van der Waals surface area contributed by atoms with Crippen LogP contribution in [0.15, 0.2) is 6.20 Å². The summed E-state index contributed by atoms with van der Waals surface area (Å²) in [6, 6.07) is 0.164. The number of aromatic nitrogens is 2. The standard InChI is InChI=1S/C14H21ClN2O/c1-9(2)17-13(12(15)8-16-17)14(18)11-6-4-5-10(3)7-11/h8-11H,4-7H2,1-3H3. The van der Waals surface area contributed by atoms with Gasteiger partial charge in [0.2, 0.25) is 0 Å². The number of nitrogens with zero attached hydrogens (tertiary/aromatic N) is 2. The van der Waals surface area contributed by atoms with Gasteiger partial charge in [-0.05, 0) is 32.6 Å². The van der Waals surface area contributed by atoms with Crippen LogP contribution in [-0.2, 0) is 0 Å². The Kier molecular flexibility index (Phi) is 4.10. The molecule has 0 amide bonds.